The predicted octanol–water partition coefficient (Wildman–Crippen LogP) is 3.12. The van der Waals surface area contributed by atoms with Crippen molar-refractivity contribution in [1.82, 2.24) is 0 Å². The van der Waals surface area contributed by atoms with Gasteiger partial charge in [-0.1, -0.05) is 11.6 Å². The van der Waals surface area contributed by atoms with Crippen LogP contribution in [0.3, 0.4) is 0 Å². The highest BCUT2D eigenvalue weighted by Crippen LogP contribution is 2.36. The van der Waals surface area contributed by atoms with Crippen LogP contribution in [0, 0.1) is 0 Å². The van der Waals surface area contributed by atoms with E-state index in [2.05, 4.69) is 5.32 Å². The van der Waals surface area contributed by atoms with Crippen molar-refractivity contribution in [3.63, 3.8) is 0 Å². The molecule has 0 saturated heterocycles. The van der Waals surface area contributed by atoms with Gasteiger partial charge in [-0.25, -0.2) is 0 Å². The quantitative estimate of drug-likeness (QED) is 0.867. The Kier molecular flexibility index (Phi) is 4.04. The Morgan fingerprint density at radius 1 is 1.44 bits per heavy atom. The van der Waals surface area contributed by atoms with Crippen molar-refractivity contribution in [1.29, 1.82) is 0 Å². The molecule has 0 radical (unpaired) electrons. The van der Waals surface area contributed by atoms with Gasteiger partial charge in [-0.3, -0.25) is 0 Å². The molecule has 0 aromatic heterocycles. The first-order valence-electron chi connectivity index (χ1n) is 4.68. The van der Waals surface area contributed by atoms with Crippen molar-refractivity contribution in [2.24, 2.45) is 5.73 Å². The summed E-state index contributed by atoms with van der Waals surface area (Å²) in [6.07, 6.45) is -4.43. The Morgan fingerprint density at radius 3 is 2.56 bits per heavy atom. The van der Waals surface area contributed by atoms with Crippen LogP contribution in [0.1, 0.15) is 12.5 Å². The second-order valence-corrected chi connectivity index (χ2v) is 3.91. The molecule has 3 N–H and O–H groups in total. The largest absolute Gasteiger partial charge is 0.418 e. The molecule has 1 aromatic carbocycles. The van der Waals surface area contributed by atoms with Crippen LogP contribution in [-0.2, 0) is 6.18 Å². The smallest absolute Gasteiger partial charge is 0.381 e. The first-order valence-corrected chi connectivity index (χ1v) is 5.05. The van der Waals surface area contributed by atoms with Gasteiger partial charge in [0.1, 0.15) is 0 Å². The number of hydrogen-bond acceptors (Lipinski definition) is 2. The molecule has 1 unspecified atom stereocenters. The highest BCUT2D eigenvalue weighted by Gasteiger charge is 2.33. The molecule has 16 heavy (non-hydrogen) atoms. The average Bonchev–Trinajstić information content (AvgIpc) is 2.19. The number of rotatable bonds is 3. The number of nitrogens with two attached hydrogens (primary N) is 1. The van der Waals surface area contributed by atoms with Gasteiger partial charge in [-0.05, 0) is 25.1 Å². The summed E-state index contributed by atoms with van der Waals surface area (Å²) in [4.78, 5) is 0. The van der Waals surface area contributed by atoms with Gasteiger partial charge < -0.3 is 11.1 Å². The summed E-state index contributed by atoms with van der Waals surface area (Å²) in [6.45, 7) is 1.95. The zero-order valence-electron chi connectivity index (χ0n) is 8.61. The summed E-state index contributed by atoms with van der Waals surface area (Å²) in [5, 5.41) is 2.74. The Labute approximate surface area is 96.6 Å². The third kappa shape index (κ3) is 3.28. The Balaban J connectivity index is 3.08. The summed E-state index contributed by atoms with van der Waals surface area (Å²) >= 11 is 5.54. The van der Waals surface area contributed by atoms with Crippen molar-refractivity contribution in [3.8, 4) is 0 Å². The molecule has 1 atom stereocenters. The maximum atomic E-state index is 12.7. The fourth-order valence-corrected chi connectivity index (χ4v) is 1.37. The summed E-state index contributed by atoms with van der Waals surface area (Å²) in [7, 11) is 0. The van der Waals surface area contributed by atoms with E-state index in [1.165, 1.54) is 12.1 Å². The SMILES string of the molecule is CC(CN)Nc1ccc(Cl)cc1C(F)(F)F. The van der Waals surface area contributed by atoms with Crippen LogP contribution in [0.5, 0.6) is 0 Å². The minimum Gasteiger partial charge on any atom is -0.381 e. The van der Waals surface area contributed by atoms with E-state index in [1.807, 2.05) is 0 Å². The molecule has 0 bridgehead atoms. The van der Waals surface area contributed by atoms with Crippen molar-refractivity contribution >= 4 is 17.3 Å². The van der Waals surface area contributed by atoms with Gasteiger partial charge in [-0.2, -0.15) is 13.2 Å². The third-order valence-electron chi connectivity index (χ3n) is 2.04. The number of nitrogens with one attached hydrogen (secondary N) is 1. The van der Waals surface area contributed by atoms with E-state index < -0.39 is 11.7 Å². The van der Waals surface area contributed by atoms with E-state index >= 15 is 0 Å². The lowest BCUT2D eigenvalue weighted by Crippen LogP contribution is -2.26. The molecule has 0 aliphatic heterocycles. The molecule has 0 amide bonds. The molecular weight excluding hydrogens is 241 g/mol. The molecule has 1 aromatic rings. The minimum absolute atomic E-state index is 0.00477. The molecule has 6 heteroatoms. The normalized spacial score (nSPS) is 13.6. The topological polar surface area (TPSA) is 38.0 Å². The molecule has 0 heterocycles. The zero-order chi connectivity index (χ0) is 12.3. The molecule has 0 aliphatic carbocycles. The van der Waals surface area contributed by atoms with Crippen molar-refractivity contribution < 1.29 is 13.2 Å². The number of anilines is 1. The van der Waals surface area contributed by atoms with E-state index in [1.54, 1.807) is 6.92 Å². The summed E-state index contributed by atoms with van der Waals surface area (Å²) in [5.41, 5.74) is 4.56. The van der Waals surface area contributed by atoms with E-state index in [0.29, 0.717) is 0 Å². The maximum absolute atomic E-state index is 12.7. The summed E-state index contributed by atoms with van der Waals surface area (Å²) in [5.74, 6) is 0. The van der Waals surface area contributed by atoms with Gasteiger partial charge in [0.05, 0.1) is 5.56 Å². The highest BCUT2D eigenvalue weighted by atomic mass is 35.5. The van der Waals surface area contributed by atoms with Gasteiger partial charge in [0.15, 0.2) is 0 Å². The van der Waals surface area contributed by atoms with Crippen LogP contribution in [0.25, 0.3) is 0 Å². The monoisotopic (exact) mass is 252 g/mol. The maximum Gasteiger partial charge on any atom is 0.418 e. The van der Waals surface area contributed by atoms with E-state index in [9.17, 15) is 13.2 Å². The molecule has 2 nitrogen and oxygen atoms in total. The number of halogens is 4. The van der Waals surface area contributed by atoms with E-state index in [-0.39, 0.29) is 23.3 Å². The molecule has 0 saturated carbocycles. The van der Waals surface area contributed by atoms with Gasteiger partial charge >= 0.3 is 6.18 Å². The van der Waals surface area contributed by atoms with Crippen molar-refractivity contribution in [2.45, 2.75) is 19.1 Å². The summed E-state index contributed by atoms with van der Waals surface area (Å²) in [6, 6.07) is 3.37. The zero-order valence-corrected chi connectivity index (χ0v) is 9.36. The lowest BCUT2D eigenvalue weighted by Gasteiger charge is -2.18. The fourth-order valence-electron chi connectivity index (χ4n) is 1.20. The molecule has 0 aliphatic rings. The fraction of sp³-hybridized carbons (Fsp3) is 0.400. The first kappa shape index (κ1) is 13.1. The highest BCUT2D eigenvalue weighted by molar-refractivity contribution is 6.30. The number of benzene rings is 1. The number of hydrogen-bond donors (Lipinski definition) is 2. The molecule has 0 fully saturated rings. The summed E-state index contributed by atoms with van der Waals surface area (Å²) < 4.78 is 38.0. The molecule has 90 valence electrons. The average molecular weight is 253 g/mol. The van der Waals surface area contributed by atoms with Gasteiger partial charge in [0, 0.05) is 23.3 Å². The van der Waals surface area contributed by atoms with E-state index in [0.717, 1.165) is 6.07 Å². The predicted molar refractivity (Wildman–Crippen MR) is 58.6 cm³/mol. The van der Waals surface area contributed by atoms with Crippen LogP contribution in [0.15, 0.2) is 18.2 Å². The van der Waals surface area contributed by atoms with Crippen LogP contribution in [0.2, 0.25) is 5.02 Å². The molecule has 1 rings (SSSR count). The standard InChI is InChI=1S/C10H12ClF3N2/c1-6(5-15)16-9-3-2-7(11)4-8(9)10(12,13)14/h2-4,6,16H,5,15H2,1H3. The second-order valence-electron chi connectivity index (χ2n) is 3.47. The molecular formula is C10H12ClF3N2. The van der Waals surface area contributed by atoms with Crippen molar-refractivity contribution in [2.75, 3.05) is 11.9 Å². The second kappa shape index (κ2) is 4.93. The van der Waals surface area contributed by atoms with Crippen molar-refractivity contribution in [3.05, 3.63) is 28.8 Å². The van der Waals surface area contributed by atoms with E-state index in [4.69, 9.17) is 17.3 Å². The van der Waals surface area contributed by atoms with Crippen LogP contribution < -0.4 is 11.1 Å². The van der Waals surface area contributed by atoms with Crippen LogP contribution in [-0.4, -0.2) is 12.6 Å². The Morgan fingerprint density at radius 2 is 2.06 bits per heavy atom. The molecule has 0 spiro atoms. The van der Waals surface area contributed by atoms with Crippen LogP contribution >= 0.6 is 11.6 Å². The number of alkyl halides is 3. The minimum atomic E-state index is -4.43. The van der Waals surface area contributed by atoms with Gasteiger partial charge in [0.25, 0.3) is 0 Å². The van der Waals surface area contributed by atoms with Gasteiger partial charge in [-0.15, -0.1) is 0 Å². The van der Waals surface area contributed by atoms with Gasteiger partial charge in [0.2, 0.25) is 0 Å². The lowest BCUT2D eigenvalue weighted by atomic mass is 10.1. The van der Waals surface area contributed by atoms with Crippen LogP contribution in [0.4, 0.5) is 18.9 Å². The Bertz CT molecular complexity index is 366. The lowest BCUT2D eigenvalue weighted by molar-refractivity contribution is -0.137. The third-order valence-corrected chi connectivity index (χ3v) is 2.28. The first-order chi connectivity index (χ1) is 7.34. The Hall–Kier alpha value is -0.940.